The number of benzene rings is 1. The molecule has 0 aliphatic heterocycles. The number of H-pyrrole nitrogens is 1. The number of aromatic amines is 1. The Balaban J connectivity index is 2.02. The van der Waals surface area contributed by atoms with Crippen LogP contribution >= 0.6 is 0 Å². The number of nitrogens with two attached hydrogens (primary N) is 1. The van der Waals surface area contributed by atoms with E-state index in [2.05, 4.69) is 33.7 Å². The zero-order valence-electron chi connectivity index (χ0n) is 15.9. The number of allylic oxidation sites excluding steroid dienone is 5. The molecule has 0 atom stereocenters. The highest BCUT2D eigenvalue weighted by Gasteiger charge is 2.15. The van der Waals surface area contributed by atoms with Gasteiger partial charge in [-0.05, 0) is 43.2 Å². The zero-order valence-corrected chi connectivity index (χ0v) is 15.9. The quantitative estimate of drug-likeness (QED) is 0.533. The smallest absolute Gasteiger partial charge is 0.151 e. The molecule has 4 N–H and O–H groups in total. The SMILES string of the molecule is C=C/C=C\C(C)=C(/C)NC(=C)c1[nH]nc2c(F)cc(-c3cncc(N)c3)cc12. The minimum absolute atomic E-state index is 0.253. The molecule has 6 heteroatoms. The molecule has 3 aromatic rings. The van der Waals surface area contributed by atoms with Gasteiger partial charge in [0.2, 0.25) is 0 Å². The molecule has 28 heavy (non-hydrogen) atoms. The molecular formula is C22H22FN5. The molecule has 0 saturated heterocycles. The van der Waals surface area contributed by atoms with Gasteiger partial charge in [-0.25, -0.2) is 4.39 Å². The van der Waals surface area contributed by atoms with E-state index >= 15 is 0 Å². The Morgan fingerprint density at radius 1 is 1.21 bits per heavy atom. The van der Waals surface area contributed by atoms with E-state index in [9.17, 15) is 4.39 Å². The molecule has 0 saturated carbocycles. The average Bonchev–Trinajstić information content (AvgIpc) is 3.10. The van der Waals surface area contributed by atoms with Crippen LogP contribution in [0.1, 0.15) is 19.5 Å². The Kier molecular flexibility index (Phi) is 5.40. The number of nitrogens with zero attached hydrogens (tertiary/aromatic N) is 2. The summed E-state index contributed by atoms with van der Waals surface area (Å²) in [6.45, 7) is 11.7. The topological polar surface area (TPSA) is 79.6 Å². The number of hydrogen-bond acceptors (Lipinski definition) is 4. The molecule has 0 fully saturated rings. The first-order valence-corrected chi connectivity index (χ1v) is 8.72. The van der Waals surface area contributed by atoms with Crippen LogP contribution in [0.5, 0.6) is 0 Å². The van der Waals surface area contributed by atoms with E-state index in [1.807, 2.05) is 32.1 Å². The molecule has 0 spiro atoms. The number of pyridine rings is 1. The van der Waals surface area contributed by atoms with Crippen LogP contribution in [0.2, 0.25) is 0 Å². The van der Waals surface area contributed by atoms with Gasteiger partial charge in [0, 0.05) is 29.0 Å². The Labute approximate surface area is 163 Å². The summed E-state index contributed by atoms with van der Waals surface area (Å²) in [7, 11) is 0. The summed E-state index contributed by atoms with van der Waals surface area (Å²) in [5.74, 6) is -0.428. The van der Waals surface area contributed by atoms with E-state index in [1.54, 1.807) is 24.5 Å². The number of aromatic nitrogens is 3. The number of nitrogen functional groups attached to an aromatic ring is 1. The molecular weight excluding hydrogens is 353 g/mol. The second-order valence-corrected chi connectivity index (χ2v) is 6.47. The Morgan fingerprint density at radius 2 is 2.00 bits per heavy atom. The molecule has 0 amide bonds. The summed E-state index contributed by atoms with van der Waals surface area (Å²) in [5, 5.41) is 10.9. The minimum atomic E-state index is -0.428. The van der Waals surface area contributed by atoms with Crippen molar-refractivity contribution in [2.75, 3.05) is 5.73 Å². The largest absolute Gasteiger partial charge is 0.397 e. The van der Waals surface area contributed by atoms with Gasteiger partial charge in [-0.1, -0.05) is 31.4 Å². The van der Waals surface area contributed by atoms with Gasteiger partial charge < -0.3 is 11.1 Å². The van der Waals surface area contributed by atoms with Crippen LogP contribution in [0.4, 0.5) is 10.1 Å². The molecule has 3 rings (SSSR count). The lowest BCUT2D eigenvalue weighted by Crippen LogP contribution is -2.10. The Morgan fingerprint density at radius 3 is 2.71 bits per heavy atom. The molecule has 0 bridgehead atoms. The monoisotopic (exact) mass is 375 g/mol. The van der Waals surface area contributed by atoms with Crippen LogP contribution < -0.4 is 11.1 Å². The third-order valence-corrected chi connectivity index (χ3v) is 4.42. The Hall–Kier alpha value is -3.67. The molecule has 5 nitrogen and oxygen atoms in total. The molecule has 0 aliphatic carbocycles. The van der Waals surface area contributed by atoms with E-state index in [0.717, 1.165) is 16.8 Å². The minimum Gasteiger partial charge on any atom is -0.397 e. The first-order valence-electron chi connectivity index (χ1n) is 8.72. The molecule has 0 unspecified atom stereocenters. The summed E-state index contributed by atoms with van der Waals surface area (Å²) in [4.78, 5) is 4.08. The maximum atomic E-state index is 14.6. The van der Waals surface area contributed by atoms with Gasteiger partial charge in [0.1, 0.15) is 5.52 Å². The third kappa shape index (κ3) is 3.86. The summed E-state index contributed by atoms with van der Waals surface area (Å²) in [5.41, 5.74) is 11.1. The van der Waals surface area contributed by atoms with Crippen LogP contribution in [-0.4, -0.2) is 15.2 Å². The normalized spacial score (nSPS) is 12.2. The van der Waals surface area contributed by atoms with Gasteiger partial charge in [-0.3, -0.25) is 10.1 Å². The van der Waals surface area contributed by atoms with Crippen LogP contribution in [0.3, 0.4) is 0 Å². The third-order valence-electron chi connectivity index (χ3n) is 4.42. The predicted molar refractivity (Wildman–Crippen MR) is 114 cm³/mol. The second kappa shape index (κ2) is 7.92. The van der Waals surface area contributed by atoms with Gasteiger partial charge in [0.05, 0.1) is 17.1 Å². The van der Waals surface area contributed by atoms with Crippen molar-refractivity contribution in [2.24, 2.45) is 0 Å². The van der Waals surface area contributed by atoms with Crippen LogP contribution in [0.15, 0.2) is 73.2 Å². The van der Waals surface area contributed by atoms with Crippen molar-refractivity contribution in [3.05, 3.63) is 84.8 Å². The first kappa shape index (κ1) is 19.1. The maximum Gasteiger partial charge on any atom is 0.151 e. The standard InChI is InChI=1S/C22H22FN5/c1-5-6-7-13(2)14(3)26-15(4)21-19-9-16(10-20(23)22(19)28-27-21)17-8-18(24)12-25-11-17/h5-12,26H,1,4,24H2,2-3H3,(H,27,28)/b7-6-,14-13+. The summed E-state index contributed by atoms with van der Waals surface area (Å²) < 4.78 is 14.6. The highest BCUT2D eigenvalue weighted by Crippen LogP contribution is 2.30. The fraction of sp³-hybridized carbons (Fsp3) is 0.0909. The predicted octanol–water partition coefficient (Wildman–Crippen LogP) is 4.94. The lowest BCUT2D eigenvalue weighted by Gasteiger charge is -2.11. The number of nitrogens with one attached hydrogen (secondary N) is 2. The summed E-state index contributed by atoms with van der Waals surface area (Å²) in [6.07, 6.45) is 8.70. The van der Waals surface area contributed by atoms with Crippen molar-refractivity contribution in [3.63, 3.8) is 0 Å². The van der Waals surface area contributed by atoms with E-state index in [1.165, 1.54) is 6.07 Å². The summed E-state index contributed by atoms with van der Waals surface area (Å²) in [6, 6.07) is 5.03. The first-order chi connectivity index (χ1) is 13.4. The fourth-order valence-electron chi connectivity index (χ4n) is 2.81. The number of rotatable bonds is 6. The molecule has 142 valence electrons. The van der Waals surface area contributed by atoms with E-state index in [-0.39, 0.29) is 5.52 Å². The molecule has 0 radical (unpaired) electrons. The molecule has 0 aliphatic rings. The van der Waals surface area contributed by atoms with Crippen LogP contribution in [0, 0.1) is 5.82 Å². The van der Waals surface area contributed by atoms with E-state index < -0.39 is 5.82 Å². The van der Waals surface area contributed by atoms with Gasteiger partial charge in [0.15, 0.2) is 5.82 Å². The Bertz CT molecular complexity index is 1120. The lowest BCUT2D eigenvalue weighted by molar-refractivity contribution is 0.636. The van der Waals surface area contributed by atoms with Gasteiger partial charge in [0.25, 0.3) is 0 Å². The van der Waals surface area contributed by atoms with E-state index in [4.69, 9.17) is 5.73 Å². The van der Waals surface area contributed by atoms with Crippen LogP contribution in [-0.2, 0) is 0 Å². The number of halogens is 1. The average molecular weight is 375 g/mol. The van der Waals surface area contributed by atoms with Crippen molar-refractivity contribution in [2.45, 2.75) is 13.8 Å². The lowest BCUT2D eigenvalue weighted by atomic mass is 10.0. The maximum absolute atomic E-state index is 14.6. The summed E-state index contributed by atoms with van der Waals surface area (Å²) >= 11 is 0. The van der Waals surface area contributed by atoms with E-state index in [0.29, 0.717) is 28.0 Å². The highest BCUT2D eigenvalue weighted by atomic mass is 19.1. The zero-order chi connectivity index (χ0) is 20.3. The van der Waals surface area contributed by atoms with Crippen molar-refractivity contribution < 1.29 is 4.39 Å². The number of hydrogen-bond donors (Lipinski definition) is 3. The van der Waals surface area contributed by atoms with Crippen molar-refractivity contribution >= 4 is 22.3 Å². The molecule has 2 aromatic heterocycles. The second-order valence-electron chi connectivity index (χ2n) is 6.47. The van der Waals surface area contributed by atoms with Gasteiger partial charge in [-0.15, -0.1) is 0 Å². The van der Waals surface area contributed by atoms with Gasteiger partial charge in [-0.2, -0.15) is 5.10 Å². The van der Waals surface area contributed by atoms with Crippen molar-refractivity contribution in [1.82, 2.24) is 20.5 Å². The van der Waals surface area contributed by atoms with Gasteiger partial charge >= 0.3 is 0 Å². The fourth-order valence-corrected chi connectivity index (χ4v) is 2.81. The molecule has 2 heterocycles. The number of anilines is 1. The van der Waals surface area contributed by atoms with Crippen molar-refractivity contribution in [1.29, 1.82) is 0 Å². The molecule has 1 aromatic carbocycles. The van der Waals surface area contributed by atoms with Crippen LogP contribution in [0.25, 0.3) is 27.7 Å². The van der Waals surface area contributed by atoms with Crippen molar-refractivity contribution in [3.8, 4) is 11.1 Å². The number of fused-ring (bicyclic) bond motifs is 1. The highest BCUT2D eigenvalue weighted by molar-refractivity contribution is 5.93.